The van der Waals surface area contributed by atoms with Gasteiger partial charge in [-0.3, -0.25) is 0 Å². The predicted octanol–water partition coefficient (Wildman–Crippen LogP) is 0.236. The molecule has 1 rings (SSSR count). The van der Waals surface area contributed by atoms with Gasteiger partial charge in [-0.05, 0) is 31.5 Å². The maximum Gasteiger partial charge on any atom is 0.241 e. The number of nitrogens with one attached hydrogen (secondary N) is 1. The highest BCUT2D eigenvalue weighted by Gasteiger charge is 2.19. The molecule has 0 aliphatic rings. The number of aliphatic hydroxyl groups excluding tert-OH is 1. The summed E-state index contributed by atoms with van der Waals surface area (Å²) in [6, 6.07) is 4.19. The van der Waals surface area contributed by atoms with Crippen molar-refractivity contribution in [3.05, 3.63) is 23.8 Å². The molecule has 0 aliphatic heterocycles. The van der Waals surface area contributed by atoms with Gasteiger partial charge in [0.15, 0.2) is 0 Å². The molecule has 0 aromatic heterocycles. The number of aliphatic hydroxyl groups is 1. The van der Waals surface area contributed by atoms with Gasteiger partial charge in [-0.2, -0.15) is 0 Å². The number of benzene rings is 1. The molecule has 0 spiro atoms. The molecule has 0 saturated heterocycles. The third-order valence-corrected chi connectivity index (χ3v) is 3.98. The zero-order valence-corrected chi connectivity index (χ0v) is 10.1. The fraction of sp³-hybridized carbons (Fsp3) is 0.400. The average molecular weight is 244 g/mol. The fourth-order valence-electron chi connectivity index (χ4n) is 1.29. The van der Waals surface area contributed by atoms with Gasteiger partial charge in [-0.15, -0.1) is 0 Å². The van der Waals surface area contributed by atoms with E-state index in [9.17, 15) is 8.42 Å². The predicted molar refractivity (Wildman–Crippen MR) is 62.5 cm³/mol. The van der Waals surface area contributed by atoms with Crippen LogP contribution in [0.25, 0.3) is 0 Å². The lowest BCUT2D eigenvalue weighted by Gasteiger charge is -2.14. The molecule has 1 atom stereocenters. The molecule has 1 aromatic carbocycles. The lowest BCUT2D eigenvalue weighted by molar-refractivity contribution is 0.265. The molecular formula is C10H16N2O3S. The summed E-state index contributed by atoms with van der Waals surface area (Å²) in [7, 11) is -3.61. The van der Waals surface area contributed by atoms with Crippen LogP contribution in [0, 0.1) is 6.92 Å². The maximum absolute atomic E-state index is 11.9. The number of anilines is 1. The van der Waals surface area contributed by atoms with Crippen molar-refractivity contribution in [2.24, 2.45) is 0 Å². The lowest BCUT2D eigenvalue weighted by Crippen LogP contribution is -2.35. The molecule has 4 N–H and O–H groups in total. The van der Waals surface area contributed by atoms with E-state index < -0.39 is 16.1 Å². The van der Waals surface area contributed by atoms with Crippen molar-refractivity contribution in [2.75, 3.05) is 12.3 Å². The Bertz CT molecular complexity index is 471. The first-order chi connectivity index (χ1) is 7.38. The molecule has 90 valence electrons. The van der Waals surface area contributed by atoms with E-state index in [1.807, 2.05) is 0 Å². The van der Waals surface area contributed by atoms with Crippen molar-refractivity contribution in [2.45, 2.75) is 24.8 Å². The van der Waals surface area contributed by atoms with E-state index in [-0.39, 0.29) is 11.5 Å². The Kier molecular flexibility index (Phi) is 3.90. The van der Waals surface area contributed by atoms with Crippen LogP contribution in [-0.4, -0.2) is 26.2 Å². The second-order valence-electron chi connectivity index (χ2n) is 3.68. The first kappa shape index (κ1) is 13.0. The first-order valence-corrected chi connectivity index (χ1v) is 6.35. The summed E-state index contributed by atoms with van der Waals surface area (Å²) in [6.07, 6.45) is 0. The van der Waals surface area contributed by atoms with Crippen molar-refractivity contribution < 1.29 is 13.5 Å². The Morgan fingerprint density at radius 3 is 2.69 bits per heavy atom. The van der Waals surface area contributed by atoms with Crippen LogP contribution in [0.3, 0.4) is 0 Å². The highest BCUT2D eigenvalue weighted by atomic mass is 32.2. The molecule has 0 heterocycles. The fourth-order valence-corrected chi connectivity index (χ4v) is 2.80. The minimum Gasteiger partial charge on any atom is -0.398 e. The van der Waals surface area contributed by atoms with E-state index in [1.165, 1.54) is 6.07 Å². The summed E-state index contributed by atoms with van der Waals surface area (Å²) in [5.74, 6) is 0. The largest absolute Gasteiger partial charge is 0.398 e. The van der Waals surface area contributed by atoms with Gasteiger partial charge in [0.05, 0.1) is 11.5 Å². The normalized spacial score (nSPS) is 13.7. The van der Waals surface area contributed by atoms with Gasteiger partial charge in [0, 0.05) is 11.7 Å². The summed E-state index contributed by atoms with van der Waals surface area (Å²) >= 11 is 0. The highest BCUT2D eigenvalue weighted by molar-refractivity contribution is 7.89. The smallest absolute Gasteiger partial charge is 0.241 e. The van der Waals surface area contributed by atoms with Crippen molar-refractivity contribution >= 4 is 15.7 Å². The summed E-state index contributed by atoms with van der Waals surface area (Å²) < 4.78 is 26.2. The van der Waals surface area contributed by atoms with Crippen molar-refractivity contribution in [3.8, 4) is 0 Å². The van der Waals surface area contributed by atoms with Crippen LogP contribution in [0.4, 0.5) is 5.69 Å². The van der Waals surface area contributed by atoms with E-state index in [0.717, 1.165) is 0 Å². The average Bonchev–Trinajstić information content (AvgIpc) is 2.21. The van der Waals surface area contributed by atoms with Crippen molar-refractivity contribution in [3.63, 3.8) is 0 Å². The zero-order chi connectivity index (χ0) is 12.3. The Balaban J connectivity index is 3.13. The molecule has 5 nitrogen and oxygen atoms in total. The van der Waals surface area contributed by atoms with Gasteiger partial charge in [0.25, 0.3) is 0 Å². The highest BCUT2D eigenvalue weighted by Crippen LogP contribution is 2.20. The van der Waals surface area contributed by atoms with Crippen LogP contribution in [0.5, 0.6) is 0 Å². The molecule has 0 amide bonds. The number of sulfonamides is 1. The first-order valence-electron chi connectivity index (χ1n) is 4.86. The van der Waals surface area contributed by atoms with Crippen LogP contribution in [0.15, 0.2) is 23.1 Å². The topological polar surface area (TPSA) is 92.4 Å². The van der Waals surface area contributed by atoms with Gasteiger partial charge < -0.3 is 10.8 Å². The number of nitrogen functional groups attached to an aromatic ring is 1. The van der Waals surface area contributed by atoms with Crippen molar-refractivity contribution in [1.29, 1.82) is 0 Å². The minimum atomic E-state index is -3.61. The van der Waals surface area contributed by atoms with Gasteiger partial charge in [0.1, 0.15) is 0 Å². The molecule has 16 heavy (non-hydrogen) atoms. The van der Waals surface area contributed by atoms with Crippen LogP contribution in [0.2, 0.25) is 0 Å². The molecule has 0 radical (unpaired) electrons. The minimum absolute atomic E-state index is 0.146. The van der Waals surface area contributed by atoms with Crippen LogP contribution < -0.4 is 10.5 Å². The maximum atomic E-state index is 11.9. The van der Waals surface area contributed by atoms with E-state index in [1.54, 1.807) is 26.0 Å². The Hall–Kier alpha value is -1.11. The molecule has 0 aliphatic carbocycles. The molecule has 0 bridgehead atoms. The van der Waals surface area contributed by atoms with E-state index in [0.29, 0.717) is 11.3 Å². The van der Waals surface area contributed by atoms with Crippen LogP contribution in [-0.2, 0) is 10.0 Å². The van der Waals surface area contributed by atoms with Gasteiger partial charge in [-0.25, -0.2) is 13.1 Å². The second kappa shape index (κ2) is 4.82. The summed E-state index contributed by atoms with van der Waals surface area (Å²) in [5.41, 5.74) is 6.58. The standard InChI is InChI=1S/C10H16N2O3S/c1-7(6-13)12-16(14,15)10-5-3-4-9(11)8(10)2/h3-5,7,12-13H,6,11H2,1-2H3/t7-/m0/s1. The quantitative estimate of drug-likeness (QED) is 0.661. The Morgan fingerprint density at radius 2 is 2.12 bits per heavy atom. The molecule has 0 unspecified atom stereocenters. The zero-order valence-electron chi connectivity index (χ0n) is 9.27. The summed E-state index contributed by atoms with van der Waals surface area (Å²) in [5, 5.41) is 8.82. The van der Waals surface area contributed by atoms with Crippen LogP contribution >= 0.6 is 0 Å². The molecular weight excluding hydrogens is 228 g/mol. The summed E-state index contributed by atoms with van der Waals surface area (Å²) in [6.45, 7) is 2.98. The molecule has 1 aromatic rings. The second-order valence-corrected chi connectivity index (χ2v) is 5.36. The molecule has 0 fully saturated rings. The van der Waals surface area contributed by atoms with Gasteiger partial charge in [-0.1, -0.05) is 6.07 Å². The Morgan fingerprint density at radius 1 is 1.50 bits per heavy atom. The van der Waals surface area contributed by atoms with Gasteiger partial charge in [0.2, 0.25) is 10.0 Å². The van der Waals surface area contributed by atoms with E-state index >= 15 is 0 Å². The number of hydrogen-bond acceptors (Lipinski definition) is 4. The van der Waals surface area contributed by atoms with Crippen molar-refractivity contribution in [1.82, 2.24) is 4.72 Å². The molecule has 6 heteroatoms. The third kappa shape index (κ3) is 2.72. The monoisotopic (exact) mass is 244 g/mol. The van der Waals surface area contributed by atoms with Crippen LogP contribution in [0.1, 0.15) is 12.5 Å². The van der Waals surface area contributed by atoms with E-state index in [2.05, 4.69) is 4.72 Å². The molecule has 0 saturated carbocycles. The number of rotatable bonds is 4. The number of nitrogens with two attached hydrogens (primary N) is 1. The van der Waals surface area contributed by atoms with Gasteiger partial charge >= 0.3 is 0 Å². The third-order valence-electron chi connectivity index (χ3n) is 2.25. The van der Waals surface area contributed by atoms with E-state index in [4.69, 9.17) is 10.8 Å². The summed E-state index contributed by atoms with van der Waals surface area (Å²) in [4.78, 5) is 0.146. The Labute approximate surface area is 95.3 Å². The lowest BCUT2D eigenvalue weighted by atomic mass is 10.2. The number of hydrogen-bond donors (Lipinski definition) is 3. The SMILES string of the molecule is Cc1c(N)cccc1S(=O)(=O)N[C@@H](C)CO.